The van der Waals surface area contributed by atoms with Gasteiger partial charge in [0.1, 0.15) is 17.1 Å². The lowest BCUT2D eigenvalue weighted by Gasteiger charge is -2.06. The normalized spacial score (nSPS) is 11.8. The minimum atomic E-state index is -6.00. The molecule has 0 spiro atoms. The number of aryl methyl sites for hydroxylation is 1. The Morgan fingerprint density at radius 2 is 1.64 bits per heavy atom. The topological polar surface area (TPSA) is 36.3 Å². The monoisotopic (exact) mass is 477 g/mol. The maximum absolute atomic E-state index is 9.75. The number of hydrogen-bond acceptors (Lipinski definition) is 2. The molecule has 0 amide bonds. The fourth-order valence-electron chi connectivity index (χ4n) is 3.18. The van der Waals surface area contributed by atoms with Gasteiger partial charge in [0.2, 0.25) is 11.0 Å². The van der Waals surface area contributed by atoms with Crippen LogP contribution in [0.1, 0.15) is 12.5 Å². The van der Waals surface area contributed by atoms with Crippen LogP contribution in [0.2, 0.25) is 5.02 Å². The molecule has 0 radical (unpaired) electrons. The summed E-state index contributed by atoms with van der Waals surface area (Å²) in [5.74, 6) is 1.60. The molecule has 0 fully saturated rings. The van der Waals surface area contributed by atoms with Gasteiger partial charge in [0, 0.05) is 22.7 Å². The van der Waals surface area contributed by atoms with Crippen molar-refractivity contribution in [1.29, 1.82) is 0 Å². The molecule has 0 saturated heterocycles. The van der Waals surface area contributed by atoms with Crippen molar-refractivity contribution in [3.05, 3.63) is 88.7 Å². The van der Waals surface area contributed by atoms with Crippen LogP contribution in [-0.2, 0) is 6.42 Å². The van der Waals surface area contributed by atoms with Crippen molar-refractivity contribution in [1.82, 2.24) is 0 Å². The van der Waals surface area contributed by atoms with E-state index in [1.54, 1.807) is 7.11 Å². The van der Waals surface area contributed by atoms with Crippen LogP contribution in [0.5, 0.6) is 5.75 Å². The molecule has 9 heteroatoms. The van der Waals surface area contributed by atoms with Crippen molar-refractivity contribution in [3.8, 4) is 17.1 Å². The van der Waals surface area contributed by atoms with Crippen molar-refractivity contribution in [2.24, 2.45) is 0 Å². The third-order valence-corrected chi connectivity index (χ3v) is 4.95. The molecule has 1 heterocycles. The lowest BCUT2D eigenvalue weighted by Crippen LogP contribution is -2.70. The second-order valence-corrected chi connectivity index (χ2v) is 7.50. The van der Waals surface area contributed by atoms with E-state index in [4.69, 9.17) is 20.8 Å². The highest BCUT2D eigenvalue weighted by molar-refractivity contribution is 6.50. The Balaban J connectivity index is 0.000000555. The van der Waals surface area contributed by atoms with Gasteiger partial charge in [-0.1, -0.05) is 30.7 Å². The van der Waals surface area contributed by atoms with E-state index in [0.29, 0.717) is 5.02 Å². The fourth-order valence-corrected chi connectivity index (χ4v) is 3.37. The van der Waals surface area contributed by atoms with Gasteiger partial charge < -0.3 is 26.4 Å². The molecular weight excluding hydrogens is 457 g/mol. The molecule has 33 heavy (non-hydrogen) atoms. The van der Waals surface area contributed by atoms with Gasteiger partial charge in [0.25, 0.3) is 0 Å². The first-order chi connectivity index (χ1) is 15.7. The van der Waals surface area contributed by atoms with E-state index in [0.717, 1.165) is 45.5 Å². The SMILES string of the molecule is CCc1ccc2oc(-c3ccc(OC)cc3)cc(=[NH+]c3cccc(Cl)c3)c2c1.F[B-](F)(F)F. The Labute approximate surface area is 193 Å². The molecule has 0 aliphatic heterocycles. The molecule has 0 aliphatic carbocycles. The molecule has 172 valence electrons. The zero-order valence-corrected chi connectivity index (χ0v) is 18.7. The molecule has 0 aliphatic rings. The van der Waals surface area contributed by atoms with Crippen molar-refractivity contribution >= 4 is 35.5 Å². The Morgan fingerprint density at radius 3 is 2.24 bits per heavy atom. The van der Waals surface area contributed by atoms with Crippen LogP contribution in [0.4, 0.5) is 23.0 Å². The molecule has 3 aromatic carbocycles. The quantitative estimate of drug-likeness (QED) is 0.292. The maximum Gasteiger partial charge on any atom is 0.673 e. The number of nitrogens with one attached hydrogen (secondary N) is 1. The van der Waals surface area contributed by atoms with Crippen LogP contribution in [0.25, 0.3) is 22.3 Å². The second-order valence-electron chi connectivity index (χ2n) is 7.07. The number of halogens is 5. The van der Waals surface area contributed by atoms with Crippen LogP contribution in [0.3, 0.4) is 0 Å². The van der Waals surface area contributed by atoms with E-state index in [2.05, 4.69) is 24.0 Å². The zero-order valence-electron chi connectivity index (χ0n) is 17.9. The second kappa shape index (κ2) is 10.6. The van der Waals surface area contributed by atoms with Crippen molar-refractivity contribution in [2.75, 3.05) is 7.11 Å². The van der Waals surface area contributed by atoms with Crippen LogP contribution in [0.15, 0.2) is 77.2 Å². The molecule has 0 unspecified atom stereocenters. The fraction of sp³-hybridized carbons (Fsp3) is 0.125. The molecule has 1 N–H and O–H groups in total. The lowest BCUT2D eigenvalue weighted by molar-refractivity contribution is -0.400. The molecule has 4 aromatic rings. The van der Waals surface area contributed by atoms with Gasteiger partial charge in [-0.05, 0) is 54.4 Å². The highest BCUT2D eigenvalue weighted by Crippen LogP contribution is 2.24. The van der Waals surface area contributed by atoms with Crippen LogP contribution in [-0.4, -0.2) is 14.4 Å². The Kier molecular flexibility index (Phi) is 7.81. The van der Waals surface area contributed by atoms with Crippen molar-refractivity contribution < 1.29 is 31.4 Å². The number of benzene rings is 3. The van der Waals surface area contributed by atoms with Gasteiger partial charge in [0.05, 0.1) is 18.6 Å². The number of rotatable bonds is 4. The Morgan fingerprint density at radius 1 is 0.939 bits per heavy atom. The summed E-state index contributed by atoms with van der Waals surface area (Å²) >= 11 is 6.16. The minimum absolute atomic E-state index is 0.694. The largest absolute Gasteiger partial charge is 0.673 e. The molecule has 0 atom stereocenters. The lowest BCUT2D eigenvalue weighted by atomic mass is 10.1. The summed E-state index contributed by atoms with van der Waals surface area (Å²) < 4.78 is 50.5. The molecule has 3 nitrogen and oxygen atoms in total. The summed E-state index contributed by atoms with van der Waals surface area (Å²) in [6.07, 6.45) is 0.965. The molecule has 0 saturated carbocycles. The molecule has 0 bridgehead atoms. The third-order valence-electron chi connectivity index (χ3n) is 4.72. The van der Waals surface area contributed by atoms with E-state index < -0.39 is 7.25 Å². The molecule has 4 rings (SSSR count). The van der Waals surface area contributed by atoms with E-state index in [-0.39, 0.29) is 0 Å². The van der Waals surface area contributed by atoms with Gasteiger partial charge in [-0.25, -0.2) is 4.99 Å². The van der Waals surface area contributed by atoms with Crippen LogP contribution in [0, 0.1) is 0 Å². The standard InChI is InChI=1S/C24H20ClNO2.BF4/c1-3-16-7-12-23-21(13-16)22(26-19-6-4-5-18(25)14-19)15-24(28-23)17-8-10-20(27-2)11-9-17;2-1(3,4)5/h4-15H,3H2,1-2H3;/q;-1/p+1. The summed E-state index contributed by atoms with van der Waals surface area (Å²) in [6.45, 7) is 2.15. The number of ether oxygens (including phenoxy) is 1. The number of methoxy groups -OCH3 is 1. The Bertz CT molecular complexity index is 1300. The van der Waals surface area contributed by atoms with Crippen molar-refractivity contribution in [2.45, 2.75) is 13.3 Å². The van der Waals surface area contributed by atoms with Gasteiger partial charge in [-0.2, -0.15) is 0 Å². The first-order valence-electron chi connectivity index (χ1n) is 10.1. The number of fused-ring (bicyclic) bond motifs is 1. The number of hydrogen-bond donors (Lipinski definition) is 1. The predicted octanol–water partition coefficient (Wildman–Crippen LogP) is 5.94. The van der Waals surface area contributed by atoms with Crippen LogP contribution >= 0.6 is 11.6 Å². The van der Waals surface area contributed by atoms with E-state index in [1.807, 2.05) is 60.7 Å². The summed E-state index contributed by atoms with van der Waals surface area (Å²) in [5, 5.41) is 2.71. The average molecular weight is 478 g/mol. The first-order valence-corrected chi connectivity index (χ1v) is 10.5. The smallest absolute Gasteiger partial charge is 0.497 e. The van der Waals surface area contributed by atoms with E-state index in [9.17, 15) is 17.3 Å². The minimum Gasteiger partial charge on any atom is -0.497 e. The molecule has 1 aromatic heterocycles. The van der Waals surface area contributed by atoms with Crippen LogP contribution < -0.4 is 15.1 Å². The summed E-state index contributed by atoms with van der Waals surface area (Å²) in [5.41, 5.74) is 4.00. The van der Waals surface area contributed by atoms with E-state index in [1.165, 1.54) is 5.56 Å². The van der Waals surface area contributed by atoms with Gasteiger partial charge >= 0.3 is 7.25 Å². The summed E-state index contributed by atoms with van der Waals surface area (Å²) in [7, 11) is -4.34. The predicted molar refractivity (Wildman–Crippen MR) is 123 cm³/mol. The maximum atomic E-state index is 9.75. The zero-order chi connectivity index (χ0) is 24.0. The molecular formula is C24H21BClF4NO2. The average Bonchev–Trinajstić information content (AvgIpc) is 2.77. The van der Waals surface area contributed by atoms with Gasteiger partial charge in [-0.3, -0.25) is 0 Å². The van der Waals surface area contributed by atoms with E-state index >= 15 is 0 Å². The first kappa shape index (κ1) is 24.4. The summed E-state index contributed by atoms with van der Waals surface area (Å²) in [6, 6.07) is 23.9. The van der Waals surface area contributed by atoms with Crippen molar-refractivity contribution in [3.63, 3.8) is 0 Å². The third kappa shape index (κ3) is 7.12. The summed E-state index contributed by atoms with van der Waals surface area (Å²) in [4.78, 5) is 3.50. The van der Waals surface area contributed by atoms with Gasteiger partial charge in [0.15, 0.2) is 0 Å². The highest BCUT2D eigenvalue weighted by atomic mass is 35.5. The van der Waals surface area contributed by atoms with Gasteiger partial charge in [-0.15, -0.1) is 0 Å². The highest BCUT2D eigenvalue weighted by Gasteiger charge is 2.20. The Hall–Kier alpha value is -3.26.